The molecule has 3 nitrogen and oxygen atoms in total. The Balaban J connectivity index is 0.000000252. The first kappa shape index (κ1) is 12.4. The first-order chi connectivity index (χ1) is 6.35. The molecule has 4 heteroatoms. The lowest BCUT2D eigenvalue weighted by Gasteiger charge is -1.96. The summed E-state index contributed by atoms with van der Waals surface area (Å²) in [6.07, 6.45) is 2.72. The second-order valence-corrected chi connectivity index (χ2v) is 2.61. The normalized spacial score (nSPS) is 8.85. The summed E-state index contributed by atoms with van der Waals surface area (Å²) in [5.41, 5.74) is 1.41. The molecule has 0 aliphatic heterocycles. The first-order valence-corrected chi connectivity index (χ1v) is 5.03. The maximum absolute atomic E-state index is 8.79. The van der Waals surface area contributed by atoms with Gasteiger partial charge in [0.15, 0.2) is 0 Å². The molecule has 0 saturated heterocycles. The van der Waals surface area contributed by atoms with E-state index < -0.39 is 0 Å². The number of aryl methyl sites for hydroxylation is 1. The molecule has 0 bridgehead atoms. The highest BCUT2D eigenvalue weighted by Crippen LogP contribution is 1.96. The largest absolute Gasteiger partial charge is 0.691 e. The maximum atomic E-state index is 8.79. The third-order valence-electron chi connectivity index (χ3n) is 1.35. The average Bonchev–Trinajstić information content (AvgIpc) is 2.21. The highest BCUT2D eigenvalue weighted by atomic mass is 32.2. The van der Waals surface area contributed by atoms with Crippen molar-refractivity contribution >= 4 is 12.0 Å². The van der Waals surface area contributed by atoms with Gasteiger partial charge in [0.1, 0.15) is 0 Å². The summed E-state index contributed by atoms with van der Waals surface area (Å²) >= 11 is 0.867. The van der Waals surface area contributed by atoms with Crippen molar-refractivity contribution < 1.29 is 14.6 Å². The van der Waals surface area contributed by atoms with Gasteiger partial charge in [-0.3, -0.25) is 5.04 Å². The minimum absolute atomic E-state index is 0.867. The quantitative estimate of drug-likeness (QED) is 0.424. The van der Waals surface area contributed by atoms with E-state index in [9.17, 15) is 0 Å². The van der Waals surface area contributed by atoms with Crippen LogP contribution in [0.5, 0.6) is 0 Å². The molecule has 0 aliphatic carbocycles. The van der Waals surface area contributed by atoms with Gasteiger partial charge in [0, 0.05) is 18.3 Å². The Morgan fingerprint density at radius 1 is 1.31 bits per heavy atom. The Morgan fingerprint density at radius 3 is 2.15 bits per heavy atom. The van der Waals surface area contributed by atoms with Crippen molar-refractivity contribution in [3.63, 3.8) is 0 Å². The van der Waals surface area contributed by atoms with E-state index in [-0.39, 0.29) is 0 Å². The van der Waals surface area contributed by atoms with Crippen molar-refractivity contribution in [3.05, 3.63) is 35.9 Å². The van der Waals surface area contributed by atoms with Crippen LogP contribution in [0.4, 0.5) is 0 Å². The fourth-order valence-electron chi connectivity index (χ4n) is 0.741. The molecular weight excluding hydrogens is 188 g/mol. The van der Waals surface area contributed by atoms with Crippen LogP contribution in [0, 0.1) is 0 Å². The molecular formula is C9H13O3S-. The fourth-order valence-corrected chi connectivity index (χ4v) is 0.797. The van der Waals surface area contributed by atoms with Gasteiger partial charge in [-0.2, -0.15) is 4.33 Å². The zero-order valence-electron chi connectivity index (χ0n) is 7.73. The lowest BCUT2D eigenvalue weighted by atomic mass is 10.2. The van der Waals surface area contributed by atoms with E-state index in [0.29, 0.717) is 0 Å². The van der Waals surface area contributed by atoms with Crippen molar-refractivity contribution in [2.24, 2.45) is 0 Å². The van der Waals surface area contributed by atoms with Crippen LogP contribution in [0.15, 0.2) is 30.3 Å². The van der Waals surface area contributed by atoms with Gasteiger partial charge in [-0.15, -0.1) is 0 Å². The van der Waals surface area contributed by atoms with E-state index in [4.69, 9.17) is 5.26 Å². The third-order valence-corrected chi connectivity index (χ3v) is 1.54. The van der Waals surface area contributed by atoms with Crippen LogP contribution >= 0.6 is 12.0 Å². The van der Waals surface area contributed by atoms with E-state index in [1.54, 1.807) is 6.26 Å². The molecule has 13 heavy (non-hydrogen) atoms. The van der Waals surface area contributed by atoms with Gasteiger partial charge >= 0.3 is 0 Å². The average molecular weight is 201 g/mol. The molecule has 0 N–H and O–H groups in total. The summed E-state index contributed by atoms with van der Waals surface area (Å²) in [5, 5.41) is 11.7. The summed E-state index contributed by atoms with van der Waals surface area (Å²) in [5.74, 6) is 0. The lowest BCUT2D eigenvalue weighted by Crippen LogP contribution is -2.00. The molecule has 1 aromatic carbocycles. The van der Waals surface area contributed by atoms with Gasteiger partial charge in [-0.25, -0.2) is 0 Å². The van der Waals surface area contributed by atoms with Crippen LogP contribution in [0.2, 0.25) is 0 Å². The molecule has 0 atom stereocenters. The van der Waals surface area contributed by atoms with E-state index in [1.807, 2.05) is 6.07 Å². The molecule has 0 saturated carbocycles. The van der Waals surface area contributed by atoms with Gasteiger partial charge in [-0.1, -0.05) is 37.3 Å². The van der Waals surface area contributed by atoms with Crippen LogP contribution in [-0.2, 0) is 15.8 Å². The van der Waals surface area contributed by atoms with Gasteiger partial charge in [0.2, 0.25) is 0 Å². The fraction of sp³-hybridized carbons (Fsp3) is 0.333. The standard InChI is InChI=1S/C8H10.CH4O3S/c1-2-8-6-4-3-5-7-8;1-5-4-3-2/h3-7H,2H2,1H3;2H,1H3/p-1. The molecule has 0 spiro atoms. The van der Waals surface area contributed by atoms with E-state index in [0.717, 1.165) is 18.5 Å². The monoisotopic (exact) mass is 201 g/mol. The predicted octanol–water partition coefficient (Wildman–Crippen LogP) is 1.74. The molecule has 74 valence electrons. The van der Waals surface area contributed by atoms with Crippen molar-refractivity contribution in [3.8, 4) is 0 Å². The Bertz CT molecular complexity index is 189. The first-order valence-electron chi connectivity index (χ1n) is 3.88. The third kappa shape index (κ3) is 7.80. The molecule has 0 amide bonds. The van der Waals surface area contributed by atoms with Crippen LogP contribution in [0.1, 0.15) is 12.5 Å². The second-order valence-electron chi connectivity index (χ2n) is 2.14. The van der Waals surface area contributed by atoms with Gasteiger partial charge in [0.25, 0.3) is 0 Å². The van der Waals surface area contributed by atoms with Crippen molar-refractivity contribution in [1.82, 2.24) is 0 Å². The van der Waals surface area contributed by atoms with Crippen LogP contribution in [0.25, 0.3) is 0 Å². The summed E-state index contributed by atoms with van der Waals surface area (Å²) in [6.45, 7) is 2.16. The maximum Gasteiger partial charge on any atom is 0.0271 e. The molecule has 1 rings (SSSR count). The van der Waals surface area contributed by atoms with E-state index in [2.05, 4.69) is 40.6 Å². The highest BCUT2D eigenvalue weighted by Gasteiger charge is 1.79. The molecule has 0 unspecified atom stereocenters. The van der Waals surface area contributed by atoms with Crippen LogP contribution in [-0.4, -0.2) is 6.26 Å². The van der Waals surface area contributed by atoms with Gasteiger partial charge < -0.3 is 5.26 Å². The molecule has 0 radical (unpaired) electrons. The zero-order chi connectivity index (χ0) is 9.94. The highest BCUT2D eigenvalue weighted by molar-refractivity contribution is 7.93. The summed E-state index contributed by atoms with van der Waals surface area (Å²) in [7, 11) is 0. The van der Waals surface area contributed by atoms with Crippen molar-refractivity contribution in [2.45, 2.75) is 13.3 Å². The zero-order valence-corrected chi connectivity index (χ0v) is 8.54. The Labute approximate surface area is 82.7 Å². The molecule has 0 heterocycles. The number of rotatable bonds is 3. The molecule has 0 aromatic heterocycles. The number of benzene rings is 1. The molecule has 0 aliphatic rings. The second kappa shape index (κ2) is 9.54. The minimum atomic E-state index is 0.867. The van der Waals surface area contributed by atoms with E-state index in [1.165, 1.54) is 5.56 Å². The summed E-state index contributed by atoms with van der Waals surface area (Å²) in [4.78, 5) is 0. The lowest BCUT2D eigenvalue weighted by molar-refractivity contribution is -0.777. The minimum Gasteiger partial charge on any atom is -0.691 e. The molecule has 0 fully saturated rings. The van der Waals surface area contributed by atoms with Crippen LogP contribution < -0.4 is 5.26 Å². The Morgan fingerprint density at radius 2 is 1.92 bits per heavy atom. The van der Waals surface area contributed by atoms with E-state index >= 15 is 0 Å². The topological polar surface area (TPSA) is 41.5 Å². The van der Waals surface area contributed by atoms with Gasteiger partial charge in [0.05, 0.1) is 0 Å². The molecule has 1 aromatic rings. The van der Waals surface area contributed by atoms with Crippen LogP contribution in [0.3, 0.4) is 0 Å². The summed E-state index contributed by atoms with van der Waals surface area (Å²) in [6, 6.07) is 10.5. The smallest absolute Gasteiger partial charge is 0.0271 e. The summed E-state index contributed by atoms with van der Waals surface area (Å²) < 4.78 is 3.69. The Kier molecular flexibility index (Phi) is 9.13. The Hall–Kier alpha value is -0.550. The number of hydrogen-bond acceptors (Lipinski definition) is 4. The predicted molar refractivity (Wildman–Crippen MR) is 51.5 cm³/mol. The SMILES string of the molecule is CCc1ccccc1.CSOO[O-]. The van der Waals surface area contributed by atoms with Gasteiger partial charge in [-0.05, 0) is 12.0 Å². The number of hydrogen-bond donors (Lipinski definition) is 0. The van der Waals surface area contributed by atoms with Crippen molar-refractivity contribution in [2.75, 3.05) is 6.26 Å². The van der Waals surface area contributed by atoms with Crippen molar-refractivity contribution in [1.29, 1.82) is 0 Å².